The van der Waals surface area contributed by atoms with Crippen LogP contribution in [-0.4, -0.2) is 26.4 Å². The summed E-state index contributed by atoms with van der Waals surface area (Å²) in [7, 11) is 0. The SMILES string of the molecule is CCn1c(SCC(=O)Nc2cc(Br)ccc2Br)nnc1-c1ccc(Cl)cc1. The van der Waals surface area contributed by atoms with E-state index in [-0.39, 0.29) is 11.7 Å². The predicted molar refractivity (Wildman–Crippen MR) is 117 cm³/mol. The first kappa shape index (κ1) is 20.4. The molecule has 0 atom stereocenters. The van der Waals surface area contributed by atoms with Gasteiger partial charge in [0.1, 0.15) is 0 Å². The molecule has 1 N–H and O–H groups in total. The third-order valence-corrected chi connectivity index (χ3v) is 6.07. The quantitative estimate of drug-likeness (QED) is 0.405. The molecule has 27 heavy (non-hydrogen) atoms. The van der Waals surface area contributed by atoms with Crippen LogP contribution in [0, 0.1) is 0 Å². The number of hydrogen-bond donors (Lipinski definition) is 1. The van der Waals surface area contributed by atoms with Crippen LogP contribution in [-0.2, 0) is 11.3 Å². The fraction of sp³-hybridized carbons (Fsp3) is 0.167. The van der Waals surface area contributed by atoms with Crippen LogP contribution < -0.4 is 5.32 Å². The molecule has 0 fully saturated rings. The molecule has 1 amide bonds. The Labute approximate surface area is 183 Å². The van der Waals surface area contributed by atoms with Gasteiger partial charge in [-0.2, -0.15) is 0 Å². The molecule has 3 rings (SSSR count). The second-order valence-corrected chi connectivity index (χ2v) is 8.67. The number of halogens is 3. The number of nitrogens with zero attached hydrogens (tertiary/aromatic N) is 3. The summed E-state index contributed by atoms with van der Waals surface area (Å²) in [5, 5.41) is 12.8. The Kier molecular flexibility index (Phi) is 6.97. The molecule has 2 aromatic carbocycles. The van der Waals surface area contributed by atoms with Crippen molar-refractivity contribution in [3.63, 3.8) is 0 Å². The molecule has 1 heterocycles. The van der Waals surface area contributed by atoms with Crippen molar-refractivity contribution in [3.05, 3.63) is 56.4 Å². The molecule has 0 bridgehead atoms. The fourth-order valence-corrected chi connectivity index (χ4v) is 4.04. The maximum absolute atomic E-state index is 12.3. The first-order valence-electron chi connectivity index (χ1n) is 8.04. The van der Waals surface area contributed by atoms with Crippen LogP contribution in [0.3, 0.4) is 0 Å². The zero-order chi connectivity index (χ0) is 19.4. The molecule has 0 unspecified atom stereocenters. The maximum atomic E-state index is 12.3. The van der Waals surface area contributed by atoms with Gasteiger partial charge in [0.05, 0.1) is 11.4 Å². The number of rotatable bonds is 6. The minimum absolute atomic E-state index is 0.113. The van der Waals surface area contributed by atoms with Gasteiger partial charge in [-0.1, -0.05) is 39.3 Å². The number of carbonyl (C=O) groups excluding carboxylic acids is 1. The zero-order valence-corrected chi connectivity index (χ0v) is 19.0. The van der Waals surface area contributed by atoms with Crippen LogP contribution in [0.25, 0.3) is 11.4 Å². The van der Waals surface area contributed by atoms with Crippen molar-refractivity contribution in [2.45, 2.75) is 18.6 Å². The van der Waals surface area contributed by atoms with Gasteiger partial charge in [-0.25, -0.2) is 0 Å². The van der Waals surface area contributed by atoms with Crippen LogP contribution in [0.2, 0.25) is 5.02 Å². The fourth-order valence-electron chi connectivity index (χ4n) is 2.40. The highest BCUT2D eigenvalue weighted by Crippen LogP contribution is 2.28. The molecule has 5 nitrogen and oxygen atoms in total. The Hall–Kier alpha value is -1.35. The summed E-state index contributed by atoms with van der Waals surface area (Å²) in [6.45, 7) is 2.72. The van der Waals surface area contributed by atoms with E-state index in [9.17, 15) is 4.79 Å². The number of amides is 1. The second kappa shape index (κ2) is 9.23. The minimum Gasteiger partial charge on any atom is -0.324 e. The predicted octanol–water partition coefficient (Wildman–Crippen LogP) is 5.87. The molecule has 0 aliphatic carbocycles. The van der Waals surface area contributed by atoms with Gasteiger partial charge < -0.3 is 9.88 Å². The van der Waals surface area contributed by atoms with Crippen LogP contribution in [0.1, 0.15) is 6.92 Å². The summed E-state index contributed by atoms with van der Waals surface area (Å²) >= 11 is 14.1. The van der Waals surface area contributed by atoms with Crippen molar-refractivity contribution < 1.29 is 4.79 Å². The highest BCUT2D eigenvalue weighted by Gasteiger charge is 2.15. The number of hydrogen-bond acceptors (Lipinski definition) is 4. The maximum Gasteiger partial charge on any atom is 0.234 e. The van der Waals surface area contributed by atoms with Crippen molar-refractivity contribution in [1.82, 2.24) is 14.8 Å². The molecule has 1 aromatic heterocycles. The van der Waals surface area contributed by atoms with Gasteiger partial charge in [0.25, 0.3) is 0 Å². The molecule has 0 aliphatic rings. The van der Waals surface area contributed by atoms with E-state index in [0.717, 1.165) is 20.3 Å². The molecule has 3 aromatic rings. The Morgan fingerprint density at radius 1 is 1.19 bits per heavy atom. The van der Waals surface area contributed by atoms with Crippen molar-refractivity contribution in [3.8, 4) is 11.4 Å². The normalized spacial score (nSPS) is 10.8. The lowest BCUT2D eigenvalue weighted by molar-refractivity contribution is -0.113. The average molecular weight is 531 g/mol. The van der Waals surface area contributed by atoms with Crippen molar-refractivity contribution in [2.75, 3.05) is 11.1 Å². The van der Waals surface area contributed by atoms with Crippen LogP contribution in [0.4, 0.5) is 5.69 Å². The monoisotopic (exact) mass is 528 g/mol. The van der Waals surface area contributed by atoms with Crippen LogP contribution in [0.15, 0.2) is 56.6 Å². The first-order valence-corrected chi connectivity index (χ1v) is 11.0. The van der Waals surface area contributed by atoms with E-state index in [1.54, 1.807) is 0 Å². The van der Waals surface area contributed by atoms with Gasteiger partial charge in [0, 0.05) is 26.1 Å². The van der Waals surface area contributed by atoms with E-state index >= 15 is 0 Å². The van der Waals surface area contributed by atoms with Crippen LogP contribution in [0.5, 0.6) is 0 Å². The van der Waals surface area contributed by atoms with Gasteiger partial charge in [-0.15, -0.1) is 10.2 Å². The van der Waals surface area contributed by atoms with Gasteiger partial charge in [-0.3, -0.25) is 4.79 Å². The molecule has 140 valence electrons. The highest BCUT2D eigenvalue weighted by molar-refractivity contribution is 9.11. The third-order valence-electron chi connectivity index (χ3n) is 3.67. The number of carbonyl (C=O) groups is 1. The summed E-state index contributed by atoms with van der Waals surface area (Å²) in [5.41, 5.74) is 1.65. The van der Waals surface area contributed by atoms with E-state index in [1.165, 1.54) is 11.8 Å². The van der Waals surface area contributed by atoms with E-state index in [4.69, 9.17) is 11.6 Å². The van der Waals surface area contributed by atoms with Crippen molar-refractivity contribution >= 4 is 66.8 Å². The van der Waals surface area contributed by atoms with Crippen LogP contribution >= 0.6 is 55.2 Å². The highest BCUT2D eigenvalue weighted by atomic mass is 79.9. The number of anilines is 1. The Morgan fingerprint density at radius 2 is 1.93 bits per heavy atom. The Balaban J connectivity index is 1.70. The largest absolute Gasteiger partial charge is 0.324 e. The minimum atomic E-state index is -0.113. The number of thioether (sulfide) groups is 1. The smallest absolute Gasteiger partial charge is 0.234 e. The molecule has 0 spiro atoms. The zero-order valence-electron chi connectivity index (χ0n) is 14.2. The Bertz CT molecular complexity index is 962. The number of benzene rings is 2. The molecule has 0 radical (unpaired) electrons. The average Bonchev–Trinajstić information content (AvgIpc) is 3.06. The summed E-state index contributed by atoms with van der Waals surface area (Å²) in [4.78, 5) is 12.3. The van der Waals surface area contributed by atoms with Gasteiger partial charge in [0.15, 0.2) is 11.0 Å². The second-order valence-electron chi connectivity index (χ2n) is 5.52. The number of aromatic nitrogens is 3. The van der Waals surface area contributed by atoms with E-state index < -0.39 is 0 Å². The molecule has 0 aliphatic heterocycles. The summed E-state index contributed by atoms with van der Waals surface area (Å²) in [6.07, 6.45) is 0. The van der Waals surface area contributed by atoms with E-state index in [1.807, 2.05) is 54.0 Å². The van der Waals surface area contributed by atoms with Gasteiger partial charge >= 0.3 is 0 Å². The molecule has 0 saturated heterocycles. The van der Waals surface area contributed by atoms with Gasteiger partial charge in [0.2, 0.25) is 5.91 Å². The summed E-state index contributed by atoms with van der Waals surface area (Å²) < 4.78 is 3.70. The summed E-state index contributed by atoms with van der Waals surface area (Å²) in [5.74, 6) is 0.877. The third kappa shape index (κ3) is 5.13. The molecular formula is C18H15Br2ClN4OS. The Morgan fingerprint density at radius 3 is 2.63 bits per heavy atom. The number of nitrogens with one attached hydrogen (secondary N) is 1. The van der Waals surface area contributed by atoms with Crippen molar-refractivity contribution in [1.29, 1.82) is 0 Å². The van der Waals surface area contributed by atoms with Gasteiger partial charge in [-0.05, 0) is 65.3 Å². The molecular weight excluding hydrogens is 516 g/mol. The lowest BCUT2D eigenvalue weighted by Gasteiger charge is -2.09. The lowest BCUT2D eigenvalue weighted by atomic mass is 10.2. The standard InChI is InChI=1S/C18H15Br2ClN4OS/c1-2-25-17(11-3-6-13(21)7-4-11)23-24-18(25)27-10-16(26)22-15-9-12(19)5-8-14(15)20/h3-9H,2,10H2,1H3,(H,22,26). The van der Waals surface area contributed by atoms with E-state index in [2.05, 4.69) is 47.4 Å². The molecule has 0 saturated carbocycles. The lowest BCUT2D eigenvalue weighted by Crippen LogP contribution is -2.15. The first-order chi connectivity index (χ1) is 13.0. The summed E-state index contributed by atoms with van der Waals surface area (Å²) in [6, 6.07) is 13.1. The molecule has 9 heteroatoms. The van der Waals surface area contributed by atoms with Crippen molar-refractivity contribution in [2.24, 2.45) is 0 Å². The van der Waals surface area contributed by atoms with E-state index in [0.29, 0.717) is 22.4 Å². The topological polar surface area (TPSA) is 59.8 Å².